The summed E-state index contributed by atoms with van der Waals surface area (Å²) in [6.45, 7) is 1.91. The summed E-state index contributed by atoms with van der Waals surface area (Å²) in [5, 5.41) is 7.13. The van der Waals surface area contributed by atoms with Crippen molar-refractivity contribution in [2.75, 3.05) is 18.0 Å². The van der Waals surface area contributed by atoms with Crippen LogP contribution in [0.2, 0.25) is 0 Å². The first-order valence-electron chi connectivity index (χ1n) is 7.19. The SMILES string of the molecule is Cn1cnc2nc(N3CCCC(c4ccn[nH]4)C3)ncc21. The highest BCUT2D eigenvalue weighted by Gasteiger charge is 2.24. The monoisotopic (exact) mass is 283 g/mol. The van der Waals surface area contributed by atoms with E-state index in [1.54, 1.807) is 6.33 Å². The van der Waals surface area contributed by atoms with Crippen LogP contribution in [0.15, 0.2) is 24.8 Å². The summed E-state index contributed by atoms with van der Waals surface area (Å²) in [6, 6.07) is 2.05. The molecule has 1 fully saturated rings. The van der Waals surface area contributed by atoms with Crippen molar-refractivity contribution in [1.29, 1.82) is 0 Å². The highest BCUT2D eigenvalue weighted by molar-refractivity contribution is 5.70. The van der Waals surface area contributed by atoms with Gasteiger partial charge in [0.1, 0.15) is 5.52 Å². The van der Waals surface area contributed by atoms with Crippen LogP contribution in [0.1, 0.15) is 24.5 Å². The van der Waals surface area contributed by atoms with Crippen molar-refractivity contribution in [2.45, 2.75) is 18.8 Å². The van der Waals surface area contributed by atoms with Gasteiger partial charge in [-0.2, -0.15) is 10.1 Å². The van der Waals surface area contributed by atoms with Gasteiger partial charge in [-0.25, -0.2) is 9.97 Å². The van der Waals surface area contributed by atoms with Crippen LogP contribution in [0, 0.1) is 0 Å². The van der Waals surface area contributed by atoms with Gasteiger partial charge in [0, 0.05) is 37.9 Å². The van der Waals surface area contributed by atoms with E-state index in [4.69, 9.17) is 0 Å². The molecular formula is C14H17N7. The molecule has 1 aliphatic rings. The lowest BCUT2D eigenvalue weighted by Gasteiger charge is -2.32. The Bertz CT molecular complexity index is 746. The number of nitrogens with one attached hydrogen (secondary N) is 1. The second-order valence-corrected chi connectivity index (χ2v) is 5.53. The van der Waals surface area contributed by atoms with E-state index in [0.717, 1.165) is 36.6 Å². The quantitative estimate of drug-likeness (QED) is 0.771. The second-order valence-electron chi connectivity index (χ2n) is 5.53. The van der Waals surface area contributed by atoms with Crippen molar-refractivity contribution in [1.82, 2.24) is 29.7 Å². The number of anilines is 1. The summed E-state index contributed by atoms with van der Waals surface area (Å²) in [7, 11) is 1.95. The molecule has 1 aliphatic heterocycles. The molecule has 7 heteroatoms. The molecule has 1 N–H and O–H groups in total. The third kappa shape index (κ3) is 2.14. The minimum Gasteiger partial charge on any atom is -0.340 e. The summed E-state index contributed by atoms with van der Waals surface area (Å²) in [5.41, 5.74) is 2.91. The summed E-state index contributed by atoms with van der Waals surface area (Å²) < 4.78 is 1.93. The zero-order chi connectivity index (χ0) is 14.2. The molecule has 3 aromatic heterocycles. The molecular weight excluding hydrogens is 266 g/mol. The fourth-order valence-electron chi connectivity index (χ4n) is 2.96. The van der Waals surface area contributed by atoms with Gasteiger partial charge < -0.3 is 9.47 Å². The Hall–Kier alpha value is -2.44. The van der Waals surface area contributed by atoms with Crippen LogP contribution in [-0.2, 0) is 7.05 Å². The molecule has 0 amide bonds. The fraction of sp³-hybridized carbons (Fsp3) is 0.429. The van der Waals surface area contributed by atoms with Crippen LogP contribution >= 0.6 is 0 Å². The Balaban J connectivity index is 1.62. The van der Waals surface area contributed by atoms with E-state index in [2.05, 4.69) is 36.1 Å². The number of H-pyrrole nitrogens is 1. The number of hydrogen-bond donors (Lipinski definition) is 1. The molecule has 0 aromatic carbocycles. The standard InChI is InChI=1S/C14H17N7/c1-20-9-16-13-12(20)7-15-14(18-13)21-6-2-3-10(8-21)11-4-5-17-19-11/h4-5,7,9-10H,2-3,6,8H2,1H3,(H,17,19). The van der Waals surface area contributed by atoms with Crippen LogP contribution < -0.4 is 4.90 Å². The van der Waals surface area contributed by atoms with Crippen molar-refractivity contribution in [2.24, 2.45) is 7.05 Å². The summed E-state index contributed by atoms with van der Waals surface area (Å²) >= 11 is 0. The summed E-state index contributed by atoms with van der Waals surface area (Å²) in [5.74, 6) is 1.23. The van der Waals surface area contributed by atoms with Gasteiger partial charge in [-0.15, -0.1) is 0 Å². The highest BCUT2D eigenvalue weighted by Crippen LogP contribution is 2.27. The zero-order valence-corrected chi connectivity index (χ0v) is 11.9. The molecule has 3 aromatic rings. The molecule has 108 valence electrons. The molecule has 4 rings (SSSR count). The van der Waals surface area contributed by atoms with Gasteiger partial charge in [-0.1, -0.05) is 0 Å². The zero-order valence-electron chi connectivity index (χ0n) is 11.9. The van der Waals surface area contributed by atoms with Crippen molar-refractivity contribution < 1.29 is 0 Å². The first-order valence-corrected chi connectivity index (χ1v) is 7.19. The number of piperidine rings is 1. The lowest BCUT2D eigenvalue weighted by atomic mass is 9.95. The van der Waals surface area contributed by atoms with Crippen LogP contribution in [0.4, 0.5) is 5.95 Å². The molecule has 1 unspecified atom stereocenters. The van der Waals surface area contributed by atoms with E-state index in [1.807, 2.05) is 24.0 Å². The topological polar surface area (TPSA) is 75.5 Å². The number of fused-ring (bicyclic) bond motifs is 1. The van der Waals surface area contributed by atoms with Gasteiger partial charge in [0.05, 0.1) is 12.5 Å². The maximum absolute atomic E-state index is 4.59. The van der Waals surface area contributed by atoms with Gasteiger partial charge in [0.2, 0.25) is 5.95 Å². The number of rotatable bonds is 2. The Morgan fingerprint density at radius 3 is 3.14 bits per heavy atom. The predicted molar refractivity (Wildman–Crippen MR) is 79.1 cm³/mol. The van der Waals surface area contributed by atoms with Crippen LogP contribution in [0.3, 0.4) is 0 Å². The van der Waals surface area contributed by atoms with E-state index >= 15 is 0 Å². The summed E-state index contributed by atoms with van der Waals surface area (Å²) in [6.07, 6.45) is 7.74. The van der Waals surface area contributed by atoms with Crippen molar-refractivity contribution in [3.8, 4) is 0 Å². The van der Waals surface area contributed by atoms with E-state index in [-0.39, 0.29) is 0 Å². The minimum absolute atomic E-state index is 0.462. The molecule has 0 spiro atoms. The number of nitrogens with zero attached hydrogens (tertiary/aromatic N) is 6. The number of hydrogen-bond acceptors (Lipinski definition) is 5. The van der Waals surface area contributed by atoms with Crippen molar-refractivity contribution in [3.63, 3.8) is 0 Å². The van der Waals surface area contributed by atoms with E-state index in [1.165, 1.54) is 12.1 Å². The Labute approximate surface area is 122 Å². The Morgan fingerprint density at radius 1 is 1.33 bits per heavy atom. The third-order valence-electron chi connectivity index (χ3n) is 4.14. The number of aromatic amines is 1. The second kappa shape index (κ2) is 4.83. The van der Waals surface area contributed by atoms with Gasteiger partial charge in [0.15, 0.2) is 5.65 Å². The molecule has 4 heterocycles. The Morgan fingerprint density at radius 2 is 2.29 bits per heavy atom. The lowest BCUT2D eigenvalue weighted by molar-refractivity contribution is 0.495. The van der Waals surface area contributed by atoms with Crippen molar-refractivity contribution in [3.05, 3.63) is 30.5 Å². The molecule has 7 nitrogen and oxygen atoms in total. The summed E-state index contributed by atoms with van der Waals surface area (Å²) in [4.78, 5) is 15.7. The molecule has 0 aliphatic carbocycles. The largest absolute Gasteiger partial charge is 0.340 e. The minimum atomic E-state index is 0.462. The smallest absolute Gasteiger partial charge is 0.227 e. The molecule has 1 atom stereocenters. The molecule has 0 bridgehead atoms. The average Bonchev–Trinajstić information content (AvgIpc) is 3.18. The van der Waals surface area contributed by atoms with Gasteiger partial charge in [-0.05, 0) is 18.9 Å². The van der Waals surface area contributed by atoms with E-state index < -0.39 is 0 Å². The van der Waals surface area contributed by atoms with Crippen LogP contribution in [0.5, 0.6) is 0 Å². The highest BCUT2D eigenvalue weighted by atomic mass is 15.3. The molecule has 21 heavy (non-hydrogen) atoms. The van der Waals surface area contributed by atoms with Crippen molar-refractivity contribution >= 4 is 17.1 Å². The van der Waals surface area contributed by atoms with Crippen LogP contribution in [0.25, 0.3) is 11.2 Å². The number of aryl methyl sites for hydroxylation is 1. The van der Waals surface area contributed by atoms with Gasteiger partial charge in [-0.3, -0.25) is 5.10 Å². The predicted octanol–water partition coefficient (Wildman–Crippen LogP) is 1.47. The van der Waals surface area contributed by atoms with Gasteiger partial charge in [0.25, 0.3) is 0 Å². The number of imidazole rings is 1. The van der Waals surface area contributed by atoms with Gasteiger partial charge >= 0.3 is 0 Å². The normalized spacial score (nSPS) is 19.3. The van der Waals surface area contributed by atoms with E-state index in [9.17, 15) is 0 Å². The van der Waals surface area contributed by atoms with E-state index in [0.29, 0.717) is 5.92 Å². The van der Waals surface area contributed by atoms with Crippen LogP contribution in [-0.4, -0.2) is 42.8 Å². The first kappa shape index (κ1) is 12.3. The maximum atomic E-state index is 4.59. The Kier molecular flexibility index (Phi) is 2.83. The first-order chi connectivity index (χ1) is 10.3. The molecule has 0 radical (unpaired) electrons. The lowest BCUT2D eigenvalue weighted by Crippen LogP contribution is -2.35. The molecule has 1 saturated heterocycles. The third-order valence-corrected chi connectivity index (χ3v) is 4.14. The molecule has 0 saturated carbocycles. The maximum Gasteiger partial charge on any atom is 0.227 e. The number of aromatic nitrogens is 6. The average molecular weight is 283 g/mol. The fourth-order valence-corrected chi connectivity index (χ4v) is 2.96.